The molecule has 2 saturated heterocycles. The predicted octanol–water partition coefficient (Wildman–Crippen LogP) is 1.01. The van der Waals surface area contributed by atoms with Gasteiger partial charge in [0.15, 0.2) is 15.0 Å². The Morgan fingerprint density at radius 1 is 1.26 bits per heavy atom. The van der Waals surface area contributed by atoms with E-state index in [9.17, 15) is 18.0 Å². The Hall–Kier alpha value is -1.91. The highest BCUT2D eigenvalue weighted by molar-refractivity contribution is 8.16. The van der Waals surface area contributed by atoms with Crippen LogP contribution < -0.4 is 4.90 Å². The monoisotopic (exact) mass is 412 g/mol. The Morgan fingerprint density at radius 2 is 1.93 bits per heavy atom. The van der Waals surface area contributed by atoms with Gasteiger partial charge in [0.05, 0.1) is 17.5 Å². The fraction of sp³-hybridized carbons (Fsp3) is 0.471. The summed E-state index contributed by atoms with van der Waals surface area (Å²) in [5, 5.41) is 8.82. The van der Waals surface area contributed by atoms with Crippen LogP contribution in [0.2, 0.25) is 0 Å². The van der Waals surface area contributed by atoms with Gasteiger partial charge >= 0.3 is 5.97 Å². The van der Waals surface area contributed by atoms with Crippen molar-refractivity contribution in [2.24, 2.45) is 4.99 Å². The van der Waals surface area contributed by atoms with Gasteiger partial charge in [-0.25, -0.2) is 13.2 Å². The number of amides is 1. The van der Waals surface area contributed by atoms with E-state index in [1.807, 2.05) is 36.9 Å². The average molecular weight is 412 g/mol. The lowest BCUT2D eigenvalue weighted by atomic mass is 10.1. The van der Waals surface area contributed by atoms with Gasteiger partial charge in [-0.15, -0.1) is 0 Å². The number of sulfone groups is 1. The summed E-state index contributed by atoms with van der Waals surface area (Å²) < 4.78 is 29.0. The molecule has 8 nitrogen and oxygen atoms in total. The maximum Gasteiger partial charge on any atom is 0.329 e. The lowest BCUT2D eigenvalue weighted by molar-refractivity contribution is -0.143. The van der Waals surface area contributed by atoms with Crippen LogP contribution in [0, 0.1) is 13.8 Å². The standard InChI is InChI=1S/C17H20N2O6S2/c1-10-4-3-5-11(2)16(10)19-12-8-27(23,24)9-13(12)26-17(19)18-14(20)6-25-7-15(21)22/h3-5,12-13H,6-9H2,1-2H3,(H,21,22)/t12-,13+/m1/s1. The largest absolute Gasteiger partial charge is 0.480 e. The van der Waals surface area contributed by atoms with Crippen LogP contribution in [0.1, 0.15) is 11.1 Å². The molecule has 0 bridgehead atoms. The Morgan fingerprint density at radius 3 is 2.56 bits per heavy atom. The van der Waals surface area contributed by atoms with Gasteiger partial charge in [0, 0.05) is 10.9 Å². The highest BCUT2D eigenvalue weighted by Gasteiger charge is 2.49. The number of carbonyl (C=O) groups is 2. The number of aryl methyl sites for hydroxylation is 2. The van der Waals surface area contributed by atoms with Crippen LogP contribution in [-0.4, -0.2) is 66.6 Å². The molecule has 1 aromatic rings. The van der Waals surface area contributed by atoms with Crippen molar-refractivity contribution in [3.8, 4) is 0 Å². The summed E-state index contributed by atoms with van der Waals surface area (Å²) in [4.78, 5) is 28.5. The second kappa shape index (κ2) is 7.61. The first-order valence-corrected chi connectivity index (χ1v) is 11.0. The molecule has 0 spiro atoms. The fourth-order valence-corrected chi connectivity index (χ4v) is 7.29. The van der Waals surface area contributed by atoms with Crippen molar-refractivity contribution in [3.63, 3.8) is 0 Å². The zero-order chi connectivity index (χ0) is 19.8. The fourth-order valence-electron chi connectivity index (χ4n) is 3.38. The molecule has 2 heterocycles. The van der Waals surface area contributed by atoms with Crippen molar-refractivity contribution in [2.75, 3.05) is 29.6 Å². The molecule has 2 aliphatic rings. The number of fused-ring (bicyclic) bond motifs is 1. The number of aliphatic carboxylic acids is 1. The molecule has 0 radical (unpaired) electrons. The molecular formula is C17H20N2O6S2. The van der Waals surface area contributed by atoms with E-state index in [2.05, 4.69) is 4.99 Å². The number of para-hydroxylation sites is 1. The van der Waals surface area contributed by atoms with Gasteiger partial charge in [0.2, 0.25) is 0 Å². The van der Waals surface area contributed by atoms with Crippen molar-refractivity contribution in [1.82, 2.24) is 0 Å². The number of hydrogen-bond acceptors (Lipinski definition) is 6. The molecule has 0 unspecified atom stereocenters. The van der Waals surface area contributed by atoms with Crippen molar-refractivity contribution >= 4 is 44.3 Å². The van der Waals surface area contributed by atoms with Gasteiger partial charge in [0.1, 0.15) is 13.2 Å². The first-order chi connectivity index (χ1) is 12.7. The van der Waals surface area contributed by atoms with Gasteiger partial charge in [0.25, 0.3) is 5.91 Å². The first kappa shape index (κ1) is 19.8. The van der Waals surface area contributed by atoms with Crippen molar-refractivity contribution < 1.29 is 27.9 Å². The van der Waals surface area contributed by atoms with E-state index in [0.29, 0.717) is 5.17 Å². The highest BCUT2D eigenvalue weighted by Crippen LogP contribution is 2.42. The van der Waals surface area contributed by atoms with E-state index in [1.165, 1.54) is 11.8 Å². The number of carboxylic acids is 1. The summed E-state index contributed by atoms with van der Waals surface area (Å²) in [6.07, 6.45) is 0. The second-order valence-corrected chi connectivity index (χ2v) is 9.95. The number of nitrogens with zero attached hydrogens (tertiary/aromatic N) is 2. The van der Waals surface area contributed by atoms with Crippen LogP contribution in [0.25, 0.3) is 0 Å². The highest BCUT2D eigenvalue weighted by atomic mass is 32.2. The lowest BCUT2D eigenvalue weighted by Crippen LogP contribution is -2.38. The van der Waals surface area contributed by atoms with E-state index in [-0.39, 0.29) is 22.8 Å². The topological polar surface area (TPSA) is 113 Å². The number of carbonyl (C=O) groups excluding carboxylic acids is 1. The summed E-state index contributed by atoms with van der Waals surface area (Å²) in [6, 6.07) is 5.49. The lowest BCUT2D eigenvalue weighted by Gasteiger charge is -2.27. The zero-order valence-corrected chi connectivity index (χ0v) is 16.5. The smallest absolute Gasteiger partial charge is 0.329 e. The summed E-state index contributed by atoms with van der Waals surface area (Å²) >= 11 is 1.28. The number of ether oxygens (including phenoxy) is 1. The normalized spacial score (nSPS) is 25.0. The van der Waals surface area contributed by atoms with Crippen LogP contribution >= 0.6 is 11.8 Å². The van der Waals surface area contributed by atoms with Gasteiger partial charge < -0.3 is 14.7 Å². The number of benzene rings is 1. The molecule has 1 aromatic carbocycles. The van der Waals surface area contributed by atoms with Crippen LogP contribution in [0.4, 0.5) is 5.69 Å². The third kappa shape index (κ3) is 4.33. The van der Waals surface area contributed by atoms with Crippen molar-refractivity contribution in [3.05, 3.63) is 29.3 Å². The Bertz CT molecular complexity index is 892. The minimum absolute atomic E-state index is 0.0150. The summed E-state index contributed by atoms with van der Waals surface area (Å²) in [7, 11) is -3.14. The molecule has 0 aliphatic carbocycles. The average Bonchev–Trinajstić information content (AvgIpc) is 2.99. The summed E-state index contributed by atoms with van der Waals surface area (Å²) in [5.74, 6) is -1.70. The molecule has 0 saturated carbocycles. The van der Waals surface area contributed by atoms with Crippen LogP contribution in [0.15, 0.2) is 23.2 Å². The van der Waals surface area contributed by atoms with Gasteiger partial charge in [-0.1, -0.05) is 30.0 Å². The number of anilines is 1. The van der Waals surface area contributed by atoms with E-state index in [1.54, 1.807) is 0 Å². The number of rotatable bonds is 5. The molecule has 10 heteroatoms. The second-order valence-electron chi connectivity index (χ2n) is 6.59. The molecule has 27 heavy (non-hydrogen) atoms. The number of hydrogen-bond donors (Lipinski definition) is 1. The van der Waals surface area contributed by atoms with E-state index >= 15 is 0 Å². The number of thioether (sulfide) groups is 1. The predicted molar refractivity (Wildman–Crippen MR) is 103 cm³/mol. The van der Waals surface area contributed by atoms with Gasteiger partial charge in [-0.2, -0.15) is 4.99 Å². The van der Waals surface area contributed by atoms with Gasteiger partial charge in [-0.3, -0.25) is 4.79 Å². The van der Waals surface area contributed by atoms with Crippen LogP contribution in [0.3, 0.4) is 0 Å². The summed E-state index contributed by atoms with van der Waals surface area (Å²) in [5.41, 5.74) is 2.78. The zero-order valence-electron chi connectivity index (χ0n) is 14.9. The van der Waals surface area contributed by atoms with E-state index < -0.39 is 34.9 Å². The maximum atomic E-state index is 12.1. The Balaban J connectivity index is 1.92. The van der Waals surface area contributed by atoms with Crippen molar-refractivity contribution in [1.29, 1.82) is 0 Å². The minimum Gasteiger partial charge on any atom is -0.480 e. The Kier molecular flexibility index (Phi) is 5.59. The molecular weight excluding hydrogens is 392 g/mol. The molecule has 0 aromatic heterocycles. The quantitative estimate of drug-likeness (QED) is 0.762. The Labute approximate surface area is 161 Å². The molecule has 2 fully saturated rings. The third-order valence-electron chi connectivity index (χ3n) is 4.42. The van der Waals surface area contributed by atoms with Crippen LogP contribution in [0.5, 0.6) is 0 Å². The SMILES string of the molecule is Cc1cccc(C)c1N1C(=NC(=O)COCC(=O)O)S[C@H]2CS(=O)(=O)C[C@H]21. The van der Waals surface area contributed by atoms with Crippen LogP contribution in [-0.2, 0) is 24.2 Å². The minimum atomic E-state index is -3.14. The molecule has 3 rings (SSSR count). The maximum absolute atomic E-state index is 12.1. The molecule has 2 atom stereocenters. The number of aliphatic imine (C=N–C) groups is 1. The third-order valence-corrected chi connectivity index (χ3v) is 7.63. The van der Waals surface area contributed by atoms with Crippen molar-refractivity contribution in [2.45, 2.75) is 25.1 Å². The number of amidine groups is 1. The van der Waals surface area contributed by atoms with Gasteiger partial charge in [-0.05, 0) is 25.0 Å². The first-order valence-electron chi connectivity index (χ1n) is 8.31. The number of carboxylic acid groups (broad SMARTS) is 1. The van der Waals surface area contributed by atoms with E-state index in [0.717, 1.165) is 16.8 Å². The molecule has 1 N–H and O–H groups in total. The molecule has 1 amide bonds. The summed E-state index contributed by atoms with van der Waals surface area (Å²) in [6.45, 7) is 2.84. The molecule has 146 valence electrons. The molecule has 2 aliphatic heterocycles. The van der Waals surface area contributed by atoms with E-state index in [4.69, 9.17) is 9.84 Å².